The van der Waals surface area contributed by atoms with Crippen molar-refractivity contribution in [2.24, 2.45) is 5.73 Å². The van der Waals surface area contributed by atoms with Crippen LogP contribution in [-0.2, 0) is 9.54 Å². The van der Waals surface area contributed by atoms with Gasteiger partial charge in [0.1, 0.15) is 10.5 Å². The Hall–Kier alpha value is -1.94. The van der Waals surface area contributed by atoms with Crippen LogP contribution in [-0.4, -0.2) is 13.0 Å². The largest absolute Gasteiger partial charge is 0.497 e. The van der Waals surface area contributed by atoms with Crippen LogP contribution in [0.1, 0.15) is 12.5 Å². The summed E-state index contributed by atoms with van der Waals surface area (Å²) in [5.41, 5.74) is 6.47. The molecule has 20 heavy (non-hydrogen) atoms. The molecule has 2 aromatic rings. The highest BCUT2D eigenvalue weighted by molar-refractivity contribution is 8.01. The van der Waals surface area contributed by atoms with Crippen LogP contribution in [0.5, 0.6) is 5.75 Å². The Bertz CT molecular complexity index is 583. The highest BCUT2D eigenvalue weighted by Crippen LogP contribution is 2.41. The van der Waals surface area contributed by atoms with Gasteiger partial charge in [0.05, 0.1) is 7.11 Å². The molecule has 0 spiro atoms. The van der Waals surface area contributed by atoms with E-state index in [9.17, 15) is 4.79 Å². The number of amides is 1. The van der Waals surface area contributed by atoms with E-state index in [1.165, 1.54) is 11.8 Å². The summed E-state index contributed by atoms with van der Waals surface area (Å²) < 4.78 is 4.31. The summed E-state index contributed by atoms with van der Waals surface area (Å²) in [4.78, 5) is 12.9. The van der Waals surface area contributed by atoms with Gasteiger partial charge in [-0.3, -0.25) is 4.79 Å². The van der Waals surface area contributed by atoms with Gasteiger partial charge in [0.2, 0.25) is 5.91 Å². The van der Waals surface area contributed by atoms with Crippen molar-refractivity contribution < 1.29 is 9.53 Å². The molecule has 103 valence electrons. The molecule has 1 amide bonds. The molecule has 2 rings (SSSR count). The first-order valence-electron chi connectivity index (χ1n) is 6.16. The molecule has 1 radical (unpaired) electrons. The summed E-state index contributed by atoms with van der Waals surface area (Å²) in [6.45, 7) is 1.83. The van der Waals surface area contributed by atoms with Crippen molar-refractivity contribution in [3.05, 3.63) is 60.2 Å². The molecule has 0 fully saturated rings. The zero-order valence-electron chi connectivity index (χ0n) is 11.4. The molecule has 0 aliphatic heterocycles. The van der Waals surface area contributed by atoms with Gasteiger partial charge < -0.3 is 10.5 Å². The molecule has 0 bridgehead atoms. The number of primary amides is 1. The van der Waals surface area contributed by atoms with Crippen LogP contribution in [0.15, 0.2) is 53.4 Å². The lowest BCUT2D eigenvalue weighted by Gasteiger charge is -2.26. The molecular weight excluding hydrogens is 270 g/mol. The molecule has 0 saturated heterocycles. The molecule has 2 N–H and O–H groups in total. The molecule has 0 aliphatic carbocycles. The van der Waals surface area contributed by atoms with Crippen LogP contribution < -0.4 is 10.5 Å². The van der Waals surface area contributed by atoms with E-state index in [0.717, 1.165) is 16.2 Å². The van der Waals surface area contributed by atoms with Crippen molar-refractivity contribution in [3.63, 3.8) is 0 Å². The lowest BCUT2D eigenvalue weighted by molar-refractivity contribution is -0.120. The van der Waals surface area contributed by atoms with Gasteiger partial charge in [-0.1, -0.05) is 24.3 Å². The molecule has 2 aromatic carbocycles. The van der Waals surface area contributed by atoms with Crippen LogP contribution in [0.3, 0.4) is 0 Å². The Balaban J connectivity index is 2.35. The second-order valence-electron chi connectivity index (χ2n) is 4.46. The van der Waals surface area contributed by atoms with Gasteiger partial charge in [0.15, 0.2) is 0 Å². The molecule has 0 saturated carbocycles. The Morgan fingerprint density at radius 2 is 1.80 bits per heavy atom. The molecular formula is C16H16NO2S. The SMILES string of the molecule is COc1ccc(C(C)(Sc2cc[c]cc2)C(N)=O)cc1. The van der Waals surface area contributed by atoms with E-state index in [-0.39, 0.29) is 5.91 Å². The normalized spacial score (nSPS) is 13.5. The number of carbonyl (C=O) groups is 1. The molecule has 1 atom stereocenters. The minimum absolute atomic E-state index is 0.375. The number of thioether (sulfide) groups is 1. The molecule has 0 heterocycles. The number of carbonyl (C=O) groups excluding carboxylic acids is 1. The first-order chi connectivity index (χ1) is 9.56. The number of nitrogens with two attached hydrogens (primary N) is 1. The van der Waals surface area contributed by atoms with Crippen LogP contribution in [0, 0.1) is 6.07 Å². The number of hydrogen-bond acceptors (Lipinski definition) is 3. The van der Waals surface area contributed by atoms with E-state index in [1.807, 2.05) is 55.5 Å². The highest BCUT2D eigenvalue weighted by atomic mass is 32.2. The van der Waals surface area contributed by atoms with Crippen molar-refractivity contribution in [3.8, 4) is 5.75 Å². The summed E-state index contributed by atoms with van der Waals surface area (Å²) in [5, 5.41) is 0. The van der Waals surface area contributed by atoms with Crippen molar-refractivity contribution in [2.75, 3.05) is 7.11 Å². The summed E-state index contributed by atoms with van der Waals surface area (Å²) in [6.07, 6.45) is 0. The predicted octanol–water partition coefficient (Wildman–Crippen LogP) is 2.99. The fraction of sp³-hybridized carbons (Fsp3) is 0.188. The third kappa shape index (κ3) is 2.96. The fourth-order valence-electron chi connectivity index (χ4n) is 1.84. The molecule has 0 aliphatic rings. The smallest absolute Gasteiger partial charge is 0.238 e. The van der Waals surface area contributed by atoms with Gasteiger partial charge in [-0.2, -0.15) is 0 Å². The Kier molecular flexibility index (Phi) is 4.35. The van der Waals surface area contributed by atoms with Crippen LogP contribution in [0.4, 0.5) is 0 Å². The minimum Gasteiger partial charge on any atom is -0.497 e. The number of benzene rings is 2. The van der Waals surface area contributed by atoms with Crippen LogP contribution >= 0.6 is 11.8 Å². The predicted molar refractivity (Wildman–Crippen MR) is 80.7 cm³/mol. The maximum Gasteiger partial charge on any atom is 0.238 e. The number of hydrogen-bond donors (Lipinski definition) is 1. The van der Waals surface area contributed by atoms with E-state index in [2.05, 4.69) is 6.07 Å². The topological polar surface area (TPSA) is 52.3 Å². The summed E-state index contributed by atoms with van der Waals surface area (Å²) in [5.74, 6) is 0.375. The monoisotopic (exact) mass is 286 g/mol. The Labute approximate surface area is 123 Å². The zero-order valence-corrected chi connectivity index (χ0v) is 12.2. The lowest BCUT2D eigenvalue weighted by atomic mass is 9.99. The average Bonchev–Trinajstić information content (AvgIpc) is 2.48. The van der Waals surface area contributed by atoms with Gasteiger partial charge in [-0.05, 0) is 42.8 Å². The number of rotatable bonds is 5. The van der Waals surface area contributed by atoms with Crippen molar-refractivity contribution in [1.29, 1.82) is 0 Å². The summed E-state index contributed by atoms with van der Waals surface area (Å²) in [6, 6.07) is 17.8. The highest BCUT2D eigenvalue weighted by Gasteiger charge is 2.34. The first kappa shape index (κ1) is 14.5. The zero-order chi connectivity index (χ0) is 14.6. The lowest BCUT2D eigenvalue weighted by Crippen LogP contribution is -2.35. The number of ether oxygens (including phenoxy) is 1. The standard InChI is InChI=1S/C16H16NO2S/c1-16(15(17)18,20-14-6-4-3-5-7-14)12-8-10-13(19-2)11-9-12/h4-11H,1-2H3,(H2,17,18). The Morgan fingerprint density at radius 1 is 1.20 bits per heavy atom. The van der Waals surface area contributed by atoms with E-state index in [0.29, 0.717) is 0 Å². The van der Waals surface area contributed by atoms with Gasteiger partial charge in [-0.15, -0.1) is 11.8 Å². The van der Waals surface area contributed by atoms with E-state index >= 15 is 0 Å². The minimum atomic E-state index is -0.826. The Morgan fingerprint density at radius 3 is 2.30 bits per heavy atom. The van der Waals surface area contributed by atoms with Crippen LogP contribution in [0.25, 0.3) is 0 Å². The number of methoxy groups -OCH3 is 1. The fourth-order valence-corrected chi connectivity index (χ4v) is 2.93. The quantitative estimate of drug-likeness (QED) is 0.860. The average molecular weight is 286 g/mol. The van der Waals surface area contributed by atoms with Crippen molar-refractivity contribution >= 4 is 17.7 Å². The third-order valence-corrected chi connectivity index (χ3v) is 4.47. The summed E-state index contributed by atoms with van der Waals surface area (Å²) >= 11 is 1.43. The molecule has 0 aromatic heterocycles. The maximum absolute atomic E-state index is 11.9. The summed E-state index contributed by atoms with van der Waals surface area (Å²) in [7, 11) is 1.61. The van der Waals surface area contributed by atoms with Gasteiger partial charge in [-0.25, -0.2) is 0 Å². The van der Waals surface area contributed by atoms with E-state index in [4.69, 9.17) is 10.5 Å². The van der Waals surface area contributed by atoms with Gasteiger partial charge >= 0.3 is 0 Å². The van der Waals surface area contributed by atoms with E-state index in [1.54, 1.807) is 7.11 Å². The maximum atomic E-state index is 11.9. The first-order valence-corrected chi connectivity index (χ1v) is 6.97. The van der Waals surface area contributed by atoms with Crippen LogP contribution in [0.2, 0.25) is 0 Å². The van der Waals surface area contributed by atoms with Gasteiger partial charge in [0, 0.05) is 4.90 Å². The van der Waals surface area contributed by atoms with E-state index < -0.39 is 4.75 Å². The van der Waals surface area contributed by atoms with Crippen molar-refractivity contribution in [2.45, 2.75) is 16.6 Å². The second kappa shape index (κ2) is 6.01. The van der Waals surface area contributed by atoms with Crippen molar-refractivity contribution in [1.82, 2.24) is 0 Å². The molecule has 1 unspecified atom stereocenters. The molecule has 4 heteroatoms. The second-order valence-corrected chi connectivity index (χ2v) is 5.96. The molecule has 3 nitrogen and oxygen atoms in total. The van der Waals surface area contributed by atoms with Gasteiger partial charge in [0.25, 0.3) is 0 Å². The third-order valence-electron chi connectivity index (χ3n) is 3.12.